The molecular formula is C18H21NO4. The molecule has 0 aliphatic carbocycles. The molecule has 2 rings (SSSR count). The smallest absolute Gasteiger partial charge is 0.355 e. The van der Waals surface area contributed by atoms with Crippen molar-refractivity contribution in [1.29, 1.82) is 0 Å². The van der Waals surface area contributed by atoms with Crippen molar-refractivity contribution in [2.45, 2.75) is 27.7 Å². The Morgan fingerprint density at radius 3 is 2.48 bits per heavy atom. The Labute approximate surface area is 135 Å². The molecule has 1 aromatic heterocycles. The molecule has 5 heteroatoms. The van der Waals surface area contributed by atoms with E-state index >= 15 is 0 Å². The minimum Gasteiger partial charge on any atom is -0.490 e. The number of hydrogen-bond donors (Lipinski definition) is 1. The van der Waals surface area contributed by atoms with Gasteiger partial charge in [0.05, 0.1) is 0 Å². The number of ketones is 1. The van der Waals surface area contributed by atoms with Crippen LogP contribution in [0.1, 0.15) is 44.6 Å². The molecular weight excluding hydrogens is 294 g/mol. The number of aromatic nitrogens is 1. The van der Waals surface area contributed by atoms with E-state index in [1.807, 2.05) is 31.2 Å². The van der Waals surface area contributed by atoms with E-state index in [4.69, 9.17) is 9.47 Å². The average Bonchev–Trinajstić information content (AvgIpc) is 2.78. The van der Waals surface area contributed by atoms with Crippen molar-refractivity contribution in [1.82, 2.24) is 4.98 Å². The summed E-state index contributed by atoms with van der Waals surface area (Å²) in [6.07, 6.45) is 0. The third kappa shape index (κ3) is 4.00. The van der Waals surface area contributed by atoms with Crippen molar-refractivity contribution >= 4 is 11.8 Å². The summed E-state index contributed by atoms with van der Waals surface area (Å²) >= 11 is 0. The summed E-state index contributed by atoms with van der Waals surface area (Å²) in [4.78, 5) is 26.6. The van der Waals surface area contributed by atoms with Gasteiger partial charge in [-0.15, -0.1) is 0 Å². The predicted molar refractivity (Wildman–Crippen MR) is 87.2 cm³/mol. The van der Waals surface area contributed by atoms with Gasteiger partial charge in [-0.3, -0.25) is 4.79 Å². The van der Waals surface area contributed by atoms with Crippen LogP contribution < -0.4 is 4.74 Å². The summed E-state index contributed by atoms with van der Waals surface area (Å²) in [6.45, 7) is 7.37. The Hall–Kier alpha value is -2.56. The van der Waals surface area contributed by atoms with Crippen molar-refractivity contribution in [2.75, 3.05) is 13.2 Å². The highest BCUT2D eigenvalue weighted by molar-refractivity contribution is 6.01. The Balaban J connectivity index is 1.90. The first-order chi connectivity index (χ1) is 10.9. The van der Waals surface area contributed by atoms with Gasteiger partial charge in [-0.05, 0) is 51.0 Å². The maximum Gasteiger partial charge on any atom is 0.355 e. The van der Waals surface area contributed by atoms with Gasteiger partial charge in [0.1, 0.15) is 24.7 Å². The van der Waals surface area contributed by atoms with Gasteiger partial charge in [-0.1, -0.05) is 12.1 Å². The number of rotatable bonds is 6. The highest BCUT2D eigenvalue weighted by Gasteiger charge is 2.20. The number of H-pyrrole nitrogens is 1. The van der Waals surface area contributed by atoms with Gasteiger partial charge < -0.3 is 14.5 Å². The fraction of sp³-hybridized carbons (Fsp3) is 0.333. The minimum absolute atomic E-state index is 0.0712. The van der Waals surface area contributed by atoms with Crippen molar-refractivity contribution in [3.05, 3.63) is 52.3 Å². The van der Waals surface area contributed by atoms with Gasteiger partial charge in [0.2, 0.25) is 0 Å². The zero-order valence-electron chi connectivity index (χ0n) is 13.9. The van der Waals surface area contributed by atoms with E-state index in [9.17, 15) is 9.59 Å². The van der Waals surface area contributed by atoms with Gasteiger partial charge in [-0.2, -0.15) is 0 Å². The van der Waals surface area contributed by atoms with Crippen LogP contribution in [-0.2, 0) is 4.74 Å². The SMILES string of the molecule is CC(=O)c1c(C)[nH]c(C(=O)OCCOc2cccc(C)c2)c1C. The van der Waals surface area contributed by atoms with Gasteiger partial charge in [-0.25, -0.2) is 4.79 Å². The van der Waals surface area contributed by atoms with Crippen LogP contribution in [0.4, 0.5) is 0 Å². The number of carbonyl (C=O) groups is 2. The number of Topliss-reactive ketones (excluding diaryl/α,β-unsaturated/α-hetero) is 1. The average molecular weight is 315 g/mol. The molecule has 0 unspecified atom stereocenters. The second kappa shape index (κ2) is 7.13. The molecule has 0 spiro atoms. The molecule has 1 aromatic carbocycles. The highest BCUT2D eigenvalue weighted by Crippen LogP contribution is 2.19. The van der Waals surface area contributed by atoms with E-state index in [1.165, 1.54) is 6.92 Å². The number of carbonyl (C=O) groups excluding carboxylic acids is 2. The molecule has 23 heavy (non-hydrogen) atoms. The Morgan fingerprint density at radius 2 is 1.87 bits per heavy atom. The van der Waals surface area contributed by atoms with Crippen LogP contribution in [0, 0.1) is 20.8 Å². The second-order valence-electron chi connectivity index (χ2n) is 5.48. The van der Waals surface area contributed by atoms with Crippen LogP contribution in [-0.4, -0.2) is 30.0 Å². The molecule has 122 valence electrons. The van der Waals surface area contributed by atoms with Crippen molar-refractivity contribution in [2.24, 2.45) is 0 Å². The lowest BCUT2D eigenvalue weighted by Crippen LogP contribution is -2.13. The van der Waals surface area contributed by atoms with Gasteiger partial charge in [0.15, 0.2) is 5.78 Å². The number of esters is 1. The summed E-state index contributed by atoms with van der Waals surface area (Å²) in [5, 5.41) is 0. The van der Waals surface area contributed by atoms with E-state index in [2.05, 4.69) is 4.98 Å². The number of ether oxygens (including phenoxy) is 2. The quantitative estimate of drug-likeness (QED) is 0.504. The van der Waals surface area contributed by atoms with Gasteiger partial charge >= 0.3 is 5.97 Å². The fourth-order valence-electron chi connectivity index (χ4n) is 2.55. The van der Waals surface area contributed by atoms with Crippen LogP contribution in [0.5, 0.6) is 5.75 Å². The van der Waals surface area contributed by atoms with E-state index < -0.39 is 5.97 Å². The number of aromatic amines is 1. The highest BCUT2D eigenvalue weighted by atomic mass is 16.6. The molecule has 0 bridgehead atoms. The molecule has 0 saturated carbocycles. The van der Waals surface area contributed by atoms with Gasteiger partial charge in [0.25, 0.3) is 0 Å². The van der Waals surface area contributed by atoms with Crippen LogP contribution in [0.2, 0.25) is 0 Å². The molecule has 2 aromatic rings. The monoisotopic (exact) mass is 315 g/mol. The topological polar surface area (TPSA) is 68.4 Å². The molecule has 0 aliphatic rings. The molecule has 0 radical (unpaired) electrons. The molecule has 1 N–H and O–H groups in total. The first kappa shape index (κ1) is 16.8. The van der Waals surface area contributed by atoms with Gasteiger partial charge in [0, 0.05) is 11.3 Å². The van der Waals surface area contributed by atoms with Crippen molar-refractivity contribution in [3.8, 4) is 5.75 Å². The molecule has 0 saturated heterocycles. The molecule has 1 heterocycles. The third-order valence-corrected chi connectivity index (χ3v) is 3.57. The number of nitrogens with one attached hydrogen (secondary N) is 1. The van der Waals surface area contributed by atoms with Crippen molar-refractivity contribution < 1.29 is 19.1 Å². The van der Waals surface area contributed by atoms with E-state index in [0.717, 1.165) is 11.3 Å². The maximum atomic E-state index is 12.1. The Kier molecular flexibility index (Phi) is 5.21. The molecule has 5 nitrogen and oxygen atoms in total. The molecule has 0 atom stereocenters. The van der Waals surface area contributed by atoms with E-state index in [-0.39, 0.29) is 19.0 Å². The largest absolute Gasteiger partial charge is 0.490 e. The number of benzene rings is 1. The summed E-state index contributed by atoms with van der Waals surface area (Å²) in [6, 6.07) is 7.66. The molecule has 0 aliphatic heterocycles. The summed E-state index contributed by atoms with van der Waals surface area (Å²) in [5.41, 5.74) is 3.28. The summed E-state index contributed by atoms with van der Waals surface area (Å²) in [5.74, 6) is 0.191. The standard InChI is InChI=1S/C18H21NO4/c1-11-6-5-7-15(10-11)22-8-9-23-18(21)17-12(2)16(14(4)20)13(3)19-17/h5-7,10,19H,8-9H2,1-4H3. The minimum atomic E-state index is -0.481. The first-order valence-corrected chi connectivity index (χ1v) is 7.47. The zero-order chi connectivity index (χ0) is 17.0. The molecule has 0 fully saturated rings. The summed E-state index contributed by atoms with van der Waals surface area (Å²) in [7, 11) is 0. The number of hydrogen-bond acceptors (Lipinski definition) is 4. The Bertz CT molecular complexity index is 731. The maximum absolute atomic E-state index is 12.1. The molecule has 0 amide bonds. The second-order valence-corrected chi connectivity index (χ2v) is 5.48. The normalized spacial score (nSPS) is 10.4. The predicted octanol–water partition coefficient (Wildman–Crippen LogP) is 3.38. The van der Waals surface area contributed by atoms with Crippen LogP contribution in [0.15, 0.2) is 24.3 Å². The zero-order valence-corrected chi connectivity index (χ0v) is 13.9. The van der Waals surface area contributed by atoms with Crippen LogP contribution in [0.3, 0.4) is 0 Å². The van der Waals surface area contributed by atoms with Crippen molar-refractivity contribution in [3.63, 3.8) is 0 Å². The van der Waals surface area contributed by atoms with E-state index in [1.54, 1.807) is 13.8 Å². The Morgan fingerprint density at radius 1 is 1.13 bits per heavy atom. The third-order valence-electron chi connectivity index (χ3n) is 3.57. The first-order valence-electron chi connectivity index (χ1n) is 7.47. The van der Waals surface area contributed by atoms with Crippen LogP contribution >= 0.6 is 0 Å². The summed E-state index contributed by atoms with van der Waals surface area (Å²) < 4.78 is 10.7. The lowest BCUT2D eigenvalue weighted by Gasteiger charge is -2.08. The van der Waals surface area contributed by atoms with Crippen LogP contribution in [0.25, 0.3) is 0 Å². The number of aryl methyl sites for hydroxylation is 2. The fourth-order valence-corrected chi connectivity index (χ4v) is 2.55. The lowest BCUT2D eigenvalue weighted by atomic mass is 10.1. The van der Waals surface area contributed by atoms with E-state index in [0.29, 0.717) is 22.5 Å². The lowest BCUT2D eigenvalue weighted by molar-refractivity contribution is 0.0443.